The van der Waals surface area contributed by atoms with Crippen molar-refractivity contribution in [3.8, 4) is 0 Å². The van der Waals surface area contributed by atoms with Crippen molar-refractivity contribution in [1.29, 1.82) is 0 Å². The van der Waals surface area contributed by atoms with Gasteiger partial charge in [0, 0.05) is 24.1 Å². The second-order valence-corrected chi connectivity index (χ2v) is 7.91. The van der Waals surface area contributed by atoms with Gasteiger partial charge in [-0.3, -0.25) is 9.59 Å². The van der Waals surface area contributed by atoms with Crippen molar-refractivity contribution in [2.75, 3.05) is 13.2 Å². The molecule has 1 aromatic carbocycles. The number of nitrogens with zero attached hydrogens (tertiary/aromatic N) is 1. The summed E-state index contributed by atoms with van der Waals surface area (Å²) in [6.45, 7) is 3.44. The van der Waals surface area contributed by atoms with Crippen LogP contribution in [-0.4, -0.2) is 41.9 Å². The van der Waals surface area contributed by atoms with Gasteiger partial charge in [-0.1, -0.05) is 31.4 Å². The quantitative estimate of drug-likeness (QED) is 0.721. The molecule has 1 heterocycles. The van der Waals surface area contributed by atoms with Gasteiger partial charge in [-0.25, -0.2) is 9.18 Å². The van der Waals surface area contributed by atoms with Crippen LogP contribution in [-0.2, 0) is 19.1 Å². The molecule has 0 bridgehead atoms. The maximum atomic E-state index is 13.4. The van der Waals surface area contributed by atoms with E-state index in [4.69, 9.17) is 4.74 Å². The summed E-state index contributed by atoms with van der Waals surface area (Å²) >= 11 is 0. The summed E-state index contributed by atoms with van der Waals surface area (Å²) in [5, 5.41) is 3.01. The van der Waals surface area contributed by atoms with Crippen molar-refractivity contribution in [2.45, 2.75) is 64.3 Å². The molecular weight excluding hydrogens is 387 g/mol. The van der Waals surface area contributed by atoms with Gasteiger partial charge < -0.3 is 15.0 Å². The van der Waals surface area contributed by atoms with Gasteiger partial charge in [0.25, 0.3) is 0 Å². The Kier molecular flexibility index (Phi) is 7.24. The Morgan fingerprint density at radius 3 is 2.47 bits per heavy atom. The minimum absolute atomic E-state index is 0.0217. The summed E-state index contributed by atoms with van der Waals surface area (Å²) < 4.78 is 18.6. The molecule has 1 fully saturated rings. The average molecular weight is 416 g/mol. The molecule has 1 aliphatic carbocycles. The number of amides is 2. The van der Waals surface area contributed by atoms with E-state index >= 15 is 0 Å². The van der Waals surface area contributed by atoms with Crippen LogP contribution in [0.2, 0.25) is 0 Å². The number of hydrogen-bond donors (Lipinski definition) is 1. The molecule has 0 radical (unpaired) electrons. The van der Waals surface area contributed by atoms with E-state index in [2.05, 4.69) is 5.32 Å². The van der Waals surface area contributed by atoms with Crippen molar-refractivity contribution < 1.29 is 23.5 Å². The molecule has 1 aliphatic heterocycles. The van der Waals surface area contributed by atoms with Crippen LogP contribution in [0.3, 0.4) is 0 Å². The van der Waals surface area contributed by atoms with Crippen LogP contribution in [0, 0.1) is 5.82 Å². The number of esters is 1. The molecule has 162 valence electrons. The second kappa shape index (κ2) is 9.87. The number of allylic oxidation sites excluding steroid dienone is 1. The van der Waals surface area contributed by atoms with E-state index in [0.29, 0.717) is 16.8 Å². The number of nitrogens with one attached hydrogen (secondary N) is 1. The van der Waals surface area contributed by atoms with Crippen molar-refractivity contribution in [3.05, 3.63) is 46.9 Å². The fourth-order valence-corrected chi connectivity index (χ4v) is 4.32. The molecule has 6 nitrogen and oxygen atoms in total. The van der Waals surface area contributed by atoms with E-state index in [1.54, 1.807) is 26.0 Å². The van der Waals surface area contributed by atoms with E-state index in [-0.39, 0.29) is 43.2 Å². The van der Waals surface area contributed by atoms with E-state index in [1.807, 2.05) is 0 Å². The highest BCUT2D eigenvalue weighted by atomic mass is 19.1. The normalized spacial score (nSPS) is 20.3. The van der Waals surface area contributed by atoms with Crippen LogP contribution in [0.4, 0.5) is 4.39 Å². The fourth-order valence-electron chi connectivity index (χ4n) is 4.32. The van der Waals surface area contributed by atoms with Gasteiger partial charge in [-0.15, -0.1) is 0 Å². The van der Waals surface area contributed by atoms with Gasteiger partial charge in [0.1, 0.15) is 12.4 Å². The lowest BCUT2D eigenvalue weighted by Gasteiger charge is -2.34. The zero-order valence-electron chi connectivity index (χ0n) is 17.6. The number of carbonyl (C=O) groups excluding carboxylic acids is 3. The zero-order valence-corrected chi connectivity index (χ0v) is 17.6. The molecule has 2 aliphatic rings. The Morgan fingerprint density at radius 1 is 1.17 bits per heavy atom. The van der Waals surface area contributed by atoms with Gasteiger partial charge >= 0.3 is 5.97 Å². The zero-order chi connectivity index (χ0) is 21.7. The first kappa shape index (κ1) is 22.0. The van der Waals surface area contributed by atoms with Crippen LogP contribution in [0.25, 0.3) is 0 Å². The lowest BCUT2D eigenvalue weighted by Crippen LogP contribution is -2.46. The first-order chi connectivity index (χ1) is 14.4. The van der Waals surface area contributed by atoms with Crippen molar-refractivity contribution in [3.63, 3.8) is 0 Å². The van der Waals surface area contributed by atoms with Crippen LogP contribution >= 0.6 is 0 Å². The van der Waals surface area contributed by atoms with Crippen LogP contribution in [0.1, 0.15) is 63.9 Å². The third-order valence-corrected chi connectivity index (χ3v) is 5.86. The largest absolute Gasteiger partial charge is 0.463 e. The number of halogens is 1. The SMILES string of the molecule is CCOC(=O)C1=C(C)N(CC(=O)NC2CCCCC2)C(=O)C[C@H]1c1ccc(F)cc1. The standard InChI is InChI=1S/C23H29FN2O4/c1-3-30-23(29)22-15(2)26(14-20(27)25-18-7-5-4-6-8-18)21(28)13-19(22)16-9-11-17(24)12-10-16/h9-12,18-19H,3-8,13-14H2,1-2H3,(H,25,27)/t19-/m0/s1. The molecule has 0 aromatic heterocycles. The van der Waals surface area contributed by atoms with Crippen molar-refractivity contribution >= 4 is 17.8 Å². The summed E-state index contributed by atoms with van der Waals surface area (Å²) in [4.78, 5) is 39.6. The summed E-state index contributed by atoms with van der Waals surface area (Å²) in [5.74, 6) is -1.91. The van der Waals surface area contributed by atoms with Crippen LogP contribution in [0.15, 0.2) is 35.5 Å². The predicted octanol–water partition coefficient (Wildman–Crippen LogP) is 3.43. The van der Waals surface area contributed by atoms with Gasteiger partial charge in [0.2, 0.25) is 11.8 Å². The third kappa shape index (κ3) is 5.07. The highest BCUT2D eigenvalue weighted by molar-refractivity contribution is 5.97. The summed E-state index contributed by atoms with van der Waals surface area (Å²) in [5.41, 5.74) is 1.42. The average Bonchev–Trinajstić information content (AvgIpc) is 2.72. The Bertz CT molecular complexity index is 828. The second-order valence-electron chi connectivity index (χ2n) is 7.91. The van der Waals surface area contributed by atoms with E-state index in [9.17, 15) is 18.8 Å². The number of hydrogen-bond acceptors (Lipinski definition) is 4. The molecule has 1 N–H and O–H groups in total. The molecular formula is C23H29FN2O4. The number of rotatable bonds is 6. The maximum absolute atomic E-state index is 13.4. The molecule has 3 rings (SSSR count). The van der Waals surface area contributed by atoms with E-state index in [1.165, 1.54) is 23.5 Å². The molecule has 0 spiro atoms. The number of carbonyl (C=O) groups is 3. The van der Waals surface area contributed by atoms with Gasteiger partial charge in [0.15, 0.2) is 0 Å². The topological polar surface area (TPSA) is 75.7 Å². The monoisotopic (exact) mass is 416 g/mol. The summed E-state index contributed by atoms with van der Waals surface area (Å²) in [7, 11) is 0. The van der Waals surface area contributed by atoms with Gasteiger partial charge in [0.05, 0.1) is 12.2 Å². The minimum atomic E-state index is -0.533. The molecule has 30 heavy (non-hydrogen) atoms. The molecule has 1 saturated carbocycles. The Hall–Kier alpha value is -2.70. The lowest BCUT2D eigenvalue weighted by molar-refractivity contribution is -0.141. The van der Waals surface area contributed by atoms with E-state index < -0.39 is 11.9 Å². The minimum Gasteiger partial charge on any atom is -0.463 e. The maximum Gasteiger partial charge on any atom is 0.336 e. The molecule has 7 heteroatoms. The Balaban J connectivity index is 1.84. The van der Waals surface area contributed by atoms with Crippen LogP contribution < -0.4 is 5.32 Å². The van der Waals surface area contributed by atoms with Gasteiger partial charge in [-0.05, 0) is 44.4 Å². The van der Waals surface area contributed by atoms with Crippen molar-refractivity contribution in [2.24, 2.45) is 0 Å². The Morgan fingerprint density at radius 2 is 1.83 bits per heavy atom. The van der Waals surface area contributed by atoms with Crippen LogP contribution in [0.5, 0.6) is 0 Å². The van der Waals surface area contributed by atoms with Crippen molar-refractivity contribution in [1.82, 2.24) is 10.2 Å². The highest BCUT2D eigenvalue weighted by Crippen LogP contribution is 2.37. The smallest absolute Gasteiger partial charge is 0.336 e. The number of benzene rings is 1. The Labute approximate surface area is 176 Å². The summed E-state index contributed by atoms with van der Waals surface area (Å²) in [6.07, 6.45) is 5.31. The molecule has 2 amide bonds. The van der Waals surface area contributed by atoms with E-state index in [0.717, 1.165) is 25.7 Å². The molecule has 0 unspecified atom stereocenters. The third-order valence-electron chi connectivity index (χ3n) is 5.86. The lowest BCUT2D eigenvalue weighted by atomic mass is 9.83. The first-order valence-corrected chi connectivity index (χ1v) is 10.6. The molecule has 1 aromatic rings. The predicted molar refractivity (Wildman–Crippen MR) is 110 cm³/mol. The number of ether oxygens (including phenoxy) is 1. The molecule has 1 atom stereocenters. The summed E-state index contributed by atoms with van der Waals surface area (Å²) in [6, 6.07) is 5.91. The highest BCUT2D eigenvalue weighted by Gasteiger charge is 2.37. The molecule has 0 saturated heterocycles. The first-order valence-electron chi connectivity index (χ1n) is 10.6. The fraction of sp³-hybridized carbons (Fsp3) is 0.522. The van der Waals surface area contributed by atoms with Gasteiger partial charge in [-0.2, -0.15) is 0 Å².